The van der Waals surface area contributed by atoms with Crippen molar-refractivity contribution in [2.45, 2.75) is 45.1 Å². The molecule has 1 aliphatic carbocycles. The van der Waals surface area contributed by atoms with Gasteiger partial charge in [-0.1, -0.05) is 13.8 Å². The van der Waals surface area contributed by atoms with E-state index in [2.05, 4.69) is 19.2 Å². The lowest BCUT2D eigenvalue weighted by atomic mass is 9.71. The third kappa shape index (κ3) is 3.60. The number of aliphatic hydroxyl groups is 1. The summed E-state index contributed by atoms with van der Waals surface area (Å²) in [4.78, 5) is 0. The zero-order valence-electron chi connectivity index (χ0n) is 11.7. The number of anilines is 2. The Morgan fingerprint density at radius 2 is 1.89 bits per heavy atom. The highest BCUT2D eigenvalue weighted by atomic mass is 19.1. The van der Waals surface area contributed by atoms with Crippen LogP contribution < -0.4 is 11.1 Å². The summed E-state index contributed by atoms with van der Waals surface area (Å²) < 4.78 is 12.9. The van der Waals surface area contributed by atoms with Gasteiger partial charge in [-0.3, -0.25) is 0 Å². The first-order chi connectivity index (χ1) is 8.80. The van der Waals surface area contributed by atoms with Crippen molar-refractivity contribution < 1.29 is 9.50 Å². The summed E-state index contributed by atoms with van der Waals surface area (Å²) in [5, 5.41) is 13.7. The van der Waals surface area contributed by atoms with Crippen LogP contribution in [0.5, 0.6) is 0 Å². The third-order valence-electron chi connectivity index (χ3n) is 4.16. The van der Waals surface area contributed by atoms with E-state index in [4.69, 9.17) is 5.73 Å². The molecule has 1 aliphatic rings. The minimum atomic E-state index is -0.684. The van der Waals surface area contributed by atoms with E-state index in [1.807, 2.05) is 0 Å². The average molecular weight is 266 g/mol. The first-order valence-electron chi connectivity index (χ1n) is 6.81. The van der Waals surface area contributed by atoms with Gasteiger partial charge < -0.3 is 16.2 Å². The van der Waals surface area contributed by atoms with Crippen molar-refractivity contribution in [2.24, 2.45) is 5.41 Å². The molecule has 1 aromatic carbocycles. The number of nitrogens with one attached hydrogen (secondary N) is 1. The Balaban J connectivity index is 1.95. The minimum absolute atomic E-state index is 0.321. The standard InChI is InChI=1S/C15H23FN2O/c1-14(2)5-7-15(19,8-6-14)10-18-13-4-3-11(16)9-12(13)17/h3-4,9,18-19H,5-8,10,17H2,1-2H3. The Bertz CT molecular complexity index is 449. The van der Waals surface area contributed by atoms with Gasteiger partial charge in [0.15, 0.2) is 0 Å². The maximum absolute atomic E-state index is 12.9. The number of benzene rings is 1. The van der Waals surface area contributed by atoms with Crippen LogP contribution in [0.4, 0.5) is 15.8 Å². The molecule has 0 radical (unpaired) electrons. The zero-order chi connectivity index (χ0) is 14.1. The molecule has 106 valence electrons. The normalized spacial score (nSPS) is 21.1. The van der Waals surface area contributed by atoms with Crippen molar-refractivity contribution in [1.29, 1.82) is 0 Å². The Labute approximate surface area is 114 Å². The Morgan fingerprint density at radius 3 is 2.47 bits per heavy atom. The van der Waals surface area contributed by atoms with E-state index in [9.17, 15) is 9.50 Å². The fraction of sp³-hybridized carbons (Fsp3) is 0.600. The van der Waals surface area contributed by atoms with Crippen LogP contribution in [0.3, 0.4) is 0 Å². The number of halogens is 1. The van der Waals surface area contributed by atoms with Gasteiger partial charge in [-0.25, -0.2) is 4.39 Å². The average Bonchev–Trinajstić information content (AvgIpc) is 2.33. The molecule has 1 saturated carbocycles. The fourth-order valence-corrected chi connectivity index (χ4v) is 2.52. The molecule has 0 spiro atoms. The van der Waals surface area contributed by atoms with Gasteiger partial charge in [-0.05, 0) is 49.3 Å². The van der Waals surface area contributed by atoms with Crippen molar-refractivity contribution in [2.75, 3.05) is 17.6 Å². The van der Waals surface area contributed by atoms with Crippen LogP contribution in [0.2, 0.25) is 0 Å². The molecule has 3 nitrogen and oxygen atoms in total. The highest BCUT2D eigenvalue weighted by Crippen LogP contribution is 2.40. The van der Waals surface area contributed by atoms with Crippen LogP contribution in [0, 0.1) is 11.2 Å². The molecule has 4 N–H and O–H groups in total. The molecule has 0 saturated heterocycles. The zero-order valence-corrected chi connectivity index (χ0v) is 11.7. The van der Waals surface area contributed by atoms with Crippen LogP contribution >= 0.6 is 0 Å². The maximum Gasteiger partial charge on any atom is 0.125 e. The number of nitrogens with two attached hydrogens (primary N) is 1. The Morgan fingerprint density at radius 1 is 1.26 bits per heavy atom. The largest absolute Gasteiger partial charge is 0.397 e. The molecule has 0 heterocycles. The molecule has 19 heavy (non-hydrogen) atoms. The SMILES string of the molecule is CC1(C)CCC(O)(CNc2ccc(F)cc2N)CC1. The van der Waals surface area contributed by atoms with E-state index >= 15 is 0 Å². The van der Waals surface area contributed by atoms with Gasteiger partial charge >= 0.3 is 0 Å². The maximum atomic E-state index is 12.9. The predicted molar refractivity (Wildman–Crippen MR) is 76.5 cm³/mol. The smallest absolute Gasteiger partial charge is 0.125 e. The topological polar surface area (TPSA) is 58.3 Å². The van der Waals surface area contributed by atoms with E-state index in [-0.39, 0.29) is 5.82 Å². The minimum Gasteiger partial charge on any atom is -0.397 e. The molecule has 0 aliphatic heterocycles. The number of rotatable bonds is 3. The highest BCUT2D eigenvalue weighted by molar-refractivity contribution is 5.65. The van der Waals surface area contributed by atoms with Crippen molar-refractivity contribution in [3.05, 3.63) is 24.0 Å². The lowest BCUT2D eigenvalue weighted by Crippen LogP contribution is -2.42. The Hall–Kier alpha value is -1.29. The summed E-state index contributed by atoms with van der Waals surface area (Å²) in [6.45, 7) is 4.93. The fourth-order valence-electron chi connectivity index (χ4n) is 2.52. The molecule has 4 heteroatoms. The molecule has 0 atom stereocenters. The van der Waals surface area contributed by atoms with Crippen LogP contribution in [-0.4, -0.2) is 17.3 Å². The molecular weight excluding hydrogens is 243 g/mol. The number of hydrogen-bond donors (Lipinski definition) is 3. The van der Waals surface area contributed by atoms with Gasteiger partial charge in [-0.15, -0.1) is 0 Å². The second-order valence-corrected chi connectivity index (χ2v) is 6.47. The molecule has 2 rings (SSSR count). The van der Waals surface area contributed by atoms with Crippen LogP contribution in [0.15, 0.2) is 18.2 Å². The highest BCUT2D eigenvalue weighted by Gasteiger charge is 2.36. The predicted octanol–water partition coefficient (Wildman–Crippen LogP) is 3.15. The van der Waals surface area contributed by atoms with E-state index in [0.717, 1.165) is 25.7 Å². The molecule has 1 fully saturated rings. The van der Waals surface area contributed by atoms with Gasteiger partial charge in [0, 0.05) is 6.54 Å². The summed E-state index contributed by atoms with van der Waals surface area (Å²) >= 11 is 0. The monoisotopic (exact) mass is 266 g/mol. The van der Waals surface area contributed by atoms with Crippen LogP contribution in [-0.2, 0) is 0 Å². The van der Waals surface area contributed by atoms with Gasteiger partial charge in [0.05, 0.1) is 17.0 Å². The molecular formula is C15H23FN2O. The van der Waals surface area contributed by atoms with E-state index in [1.165, 1.54) is 12.1 Å². The molecule has 0 bridgehead atoms. The summed E-state index contributed by atoms with van der Waals surface area (Å²) in [7, 11) is 0. The quantitative estimate of drug-likeness (QED) is 0.737. The number of nitrogen functional groups attached to an aromatic ring is 1. The summed E-state index contributed by atoms with van der Waals surface area (Å²) in [5.74, 6) is -0.346. The van der Waals surface area contributed by atoms with Gasteiger partial charge in [0.2, 0.25) is 0 Å². The molecule has 0 aromatic heterocycles. The first-order valence-corrected chi connectivity index (χ1v) is 6.81. The molecule has 0 unspecified atom stereocenters. The summed E-state index contributed by atoms with van der Waals surface area (Å²) in [6.07, 6.45) is 3.61. The van der Waals surface area contributed by atoms with Gasteiger partial charge in [0.1, 0.15) is 5.82 Å². The Kier molecular flexibility index (Phi) is 3.72. The third-order valence-corrected chi connectivity index (χ3v) is 4.16. The van der Waals surface area contributed by atoms with Crippen LogP contribution in [0.1, 0.15) is 39.5 Å². The van der Waals surface area contributed by atoms with Crippen molar-refractivity contribution >= 4 is 11.4 Å². The van der Waals surface area contributed by atoms with E-state index in [0.29, 0.717) is 23.3 Å². The lowest BCUT2D eigenvalue weighted by Gasteiger charge is -2.40. The van der Waals surface area contributed by atoms with Crippen LogP contribution in [0.25, 0.3) is 0 Å². The number of hydrogen-bond acceptors (Lipinski definition) is 3. The van der Waals surface area contributed by atoms with E-state index < -0.39 is 5.60 Å². The van der Waals surface area contributed by atoms with Gasteiger partial charge in [-0.2, -0.15) is 0 Å². The summed E-state index contributed by atoms with van der Waals surface area (Å²) in [5.41, 5.74) is 6.43. The van der Waals surface area contributed by atoms with Crippen molar-refractivity contribution in [3.63, 3.8) is 0 Å². The first kappa shape index (κ1) is 14.1. The van der Waals surface area contributed by atoms with E-state index in [1.54, 1.807) is 6.07 Å². The summed E-state index contributed by atoms with van der Waals surface area (Å²) in [6, 6.07) is 4.27. The second-order valence-electron chi connectivity index (χ2n) is 6.47. The van der Waals surface area contributed by atoms with Gasteiger partial charge in [0.25, 0.3) is 0 Å². The second kappa shape index (κ2) is 5.00. The van der Waals surface area contributed by atoms with Crippen molar-refractivity contribution in [1.82, 2.24) is 0 Å². The lowest BCUT2D eigenvalue weighted by molar-refractivity contribution is -0.0145. The van der Waals surface area contributed by atoms with Crippen molar-refractivity contribution in [3.8, 4) is 0 Å². The molecule has 1 aromatic rings. The molecule has 0 amide bonds.